The summed E-state index contributed by atoms with van der Waals surface area (Å²) in [6, 6.07) is 10.6. The molecule has 2 rings (SSSR count). The van der Waals surface area contributed by atoms with Gasteiger partial charge in [0.2, 0.25) is 0 Å². The van der Waals surface area contributed by atoms with E-state index in [9.17, 15) is 14.9 Å². The van der Waals surface area contributed by atoms with Gasteiger partial charge in [-0.15, -0.1) is 0 Å². The van der Waals surface area contributed by atoms with Gasteiger partial charge in [0.1, 0.15) is 17.4 Å². The Labute approximate surface area is 183 Å². The van der Waals surface area contributed by atoms with Crippen molar-refractivity contribution in [1.29, 1.82) is 5.26 Å². The van der Waals surface area contributed by atoms with Crippen LogP contribution in [-0.2, 0) is 20.9 Å². The Morgan fingerprint density at radius 1 is 1.19 bits per heavy atom. The van der Waals surface area contributed by atoms with Gasteiger partial charge in [0, 0.05) is 23.6 Å². The van der Waals surface area contributed by atoms with Crippen LogP contribution in [0.25, 0.3) is 6.08 Å². The summed E-state index contributed by atoms with van der Waals surface area (Å²) < 4.78 is 12.5. The summed E-state index contributed by atoms with van der Waals surface area (Å²) in [7, 11) is 1.55. The molecule has 0 aliphatic heterocycles. The molecule has 164 valence electrons. The summed E-state index contributed by atoms with van der Waals surface area (Å²) in [4.78, 5) is 24.8. The van der Waals surface area contributed by atoms with Crippen molar-refractivity contribution in [2.75, 3.05) is 12.4 Å². The Kier molecular flexibility index (Phi) is 8.03. The normalized spacial score (nSPS) is 12.3. The predicted octanol–water partition coefficient (Wildman–Crippen LogP) is 4.25. The maximum Gasteiger partial charge on any atom is 0.349 e. The van der Waals surface area contributed by atoms with Gasteiger partial charge in [-0.05, 0) is 68.7 Å². The van der Waals surface area contributed by atoms with Crippen LogP contribution in [0, 0.1) is 31.1 Å². The van der Waals surface area contributed by atoms with Crippen LogP contribution in [0.1, 0.15) is 37.7 Å². The van der Waals surface area contributed by atoms with Crippen molar-refractivity contribution in [1.82, 2.24) is 4.57 Å². The number of methoxy groups -OCH3 is 1. The van der Waals surface area contributed by atoms with E-state index in [1.165, 1.54) is 13.0 Å². The zero-order chi connectivity index (χ0) is 23.1. The summed E-state index contributed by atoms with van der Waals surface area (Å²) in [6.45, 7) is 10.5. The second kappa shape index (κ2) is 10.5. The van der Waals surface area contributed by atoms with Crippen LogP contribution in [-0.4, -0.2) is 29.7 Å². The third-order valence-corrected chi connectivity index (χ3v) is 4.81. The van der Waals surface area contributed by atoms with Gasteiger partial charge in [0.15, 0.2) is 6.10 Å². The van der Waals surface area contributed by atoms with Gasteiger partial charge >= 0.3 is 5.97 Å². The molecule has 0 aliphatic carbocycles. The number of aryl methyl sites for hydroxylation is 1. The second-order valence-corrected chi connectivity index (χ2v) is 7.77. The van der Waals surface area contributed by atoms with E-state index in [0.717, 1.165) is 23.5 Å². The molecule has 1 amide bonds. The number of nitriles is 1. The molecule has 31 heavy (non-hydrogen) atoms. The number of hydrogen-bond donors (Lipinski definition) is 1. The molecule has 1 aromatic heterocycles. The largest absolute Gasteiger partial charge is 0.497 e. The molecule has 1 aromatic carbocycles. The Bertz CT molecular complexity index is 1010. The molecule has 0 fully saturated rings. The number of esters is 1. The van der Waals surface area contributed by atoms with E-state index in [1.54, 1.807) is 31.4 Å². The first kappa shape index (κ1) is 23.7. The van der Waals surface area contributed by atoms with E-state index >= 15 is 0 Å². The highest BCUT2D eigenvalue weighted by Gasteiger charge is 2.21. The molecule has 7 heteroatoms. The molecule has 0 saturated heterocycles. The average molecular weight is 424 g/mol. The van der Waals surface area contributed by atoms with E-state index in [1.807, 2.05) is 26.0 Å². The van der Waals surface area contributed by atoms with E-state index in [0.29, 0.717) is 17.4 Å². The number of rotatable bonds is 8. The first-order valence-electron chi connectivity index (χ1n) is 10.1. The standard InChI is InChI=1S/C24H29N3O4/c1-15(2)14-27-16(3)11-19(17(27)4)12-20(13-25)24(29)31-18(5)23(28)26-21-7-9-22(30-6)10-8-21/h7-12,15,18H,14H2,1-6H3,(H,26,28)/b20-12+/t18-/m0/s1. The van der Waals surface area contributed by atoms with Crippen LogP contribution >= 0.6 is 0 Å². The van der Waals surface area contributed by atoms with Gasteiger partial charge in [-0.1, -0.05) is 13.8 Å². The molecule has 1 heterocycles. The molecule has 0 spiro atoms. The van der Waals surface area contributed by atoms with Crippen LogP contribution in [0.15, 0.2) is 35.9 Å². The molecule has 0 unspecified atom stereocenters. The highest BCUT2D eigenvalue weighted by molar-refractivity contribution is 6.01. The molecule has 7 nitrogen and oxygen atoms in total. The van der Waals surface area contributed by atoms with Crippen LogP contribution in [0.2, 0.25) is 0 Å². The average Bonchev–Trinajstić information content (AvgIpc) is 2.99. The van der Waals surface area contributed by atoms with Crippen LogP contribution in [0.4, 0.5) is 5.69 Å². The van der Waals surface area contributed by atoms with Crippen molar-refractivity contribution in [2.45, 2.75) is 47.3 Å². The summed E-state index contributed by atoms with van der Waals surface area (Å²) in [5, 5.41) is 12.1. The first-order valence-corrected chi connectivity index (χ1v) is 10.1. The van der Waals surface area contributed by atoms with Gasteiger partial charge in [0.05, 0.1) is 7.11 Å². The van der Waals surface area contributed by atoms with E-state index in [-0.39, 0.29) is 5.57 Å². The fourth-order valence-corrected chi connectivity index (χ4v) is 3.11. The zero-order valence-electron chi connectivity index (χ0n) is 18.9. The smallest absolute Gasteiger partial charge is 0.349 e. The molecule has 2 aromatic rings. The minimum atomic E-state index is -1.07. The fraction of sp³-hybridized carbons (Fsp3) is 0.375. The second-order valence-electron chi connectivity index (χ2n) is 7.77. The maximum atomic E-state index is 12.5. The molecule has 0 saturated carbocycles. The molecule has 1 N–H and O–H groups in total. The summed E-state index contributed by atoms with van der Waals surface area (Å²) in [5.41, 5.74) is 3.19. The number of nitrogens with zero attached hydrogens (tertiary/aromatic N) is 2. The van der Waals surface area contributed by atoms with Crippen molar-refractivity contribution >= 4 is 23.6 Å². The number of benzene rings is 1. The number of hydrogen-bond acceptors (Lipinski definition) is 5. The Hall–Kier alpha value is -3.53. The number of carbonyl (C=O) groups excluding carboxylic acids is 2. The van der Waals surface area contributed by atoms with Gasteiger partial charge in [0.25, 0.3) is 5.91 Å². The molecular weight excluding hydrogens is 394 g/mol. The minimum absolute atomic E-state index is 0.158. The van der Waals surface area contributed by atoms with Crippen LogP contribution < -0.4 is 10.1 Å². The number of anilines is 1. The molecular formula is C24H29N3O4. The number of carbonyl (C=O) groups is 2. The fourth-order valence-electron chi connectivity index (χ4n) is 3.11. The summed E-state index contributed by atoms with van der Waals surface area (Å²) in [5.74, 6) is -0.208. The zero-order valence-corrected chi connectivity index (χ0v) is 18.9. The quantitative estimate of drug-likeness (QED) is 0.389. The van der Waals surface area contributed by atoms with Gasteiger partial charge < -0.3 is 19.4 Å². The highest BCUT2D eigenvalue weighted by Crippen LogP contribution is 2.20. The molecule has 0 radical (unpaired) electrons. The van der Waals surface area contributed by atoms with Gasteiger partial charge in [-0.2, -0.15) is 5.26 Å². The summed E-state index contributed by atoms with van der Waals surface area (Å²) in [6.07, 6.45) is 0.440. The van der Waals surface area contributed by atoms with Crippen LogP contribution in [0.3, 0.4) is 0 Å². The Morgan fingerprint density at radius 2 is 1.84 bits per heavy atom. The number of amides is 1. The van der Waals surface area contributed by atoms with Gasteiger partial charge in [-0.3, -0.25) is 4.79 Å². The maximum absolute atomic E-state index is 12.5. The van der Waals surface area contributed by atoms with Gasteiger partial charge in [-0.25, -0.2) is 4.79 Å². The lowest BCUT2D eigenvalue weighted by atomic mass is 10.1. The molecule has 0 aliphatic rings. The third-order valence-electron chi connectivity index (χ3n) is 4.81. The van der Waals surface area contributed by atoms with Crippen molar-refractivity contribution < 1.29 is 19.1 Å². The lowest BCUT2D eigenvalue weighted by Gasteiger charge is -2.13. The summed E-state index contributed by atoms with van der Waals surface area (Å²) >= 11 is 0. The Balaban J connectivity index is 2.09. The number of ether oxygens (including phenoxy) is 2. The van der Waals surface area contributed by atoms with Crippen molar-refractivity contribution in [3.63, 3.8) is 0 Å². The molecule has 1 atom stereocenters. The number of nitrogens with one attached hydrogen (secondary N) is 1. The molecule has 0 bridgehead atoms. The third kappa shape index (κ3) is 6.22. The highest BCUT2D eigenvalue weighted by atomic mass is 16.5. The SMILES string of the molecule is COc1ccc(NC(=O)[C@H](C)OC(=O)/C(C#N)=C/c2cc(C)n(CC(C)C)c2C)cc1. The van der Waals surface area contributed by atoms with E-state index in [4.69, 9.17) is 9.47 Å². The van der Waals surface area contributed by atoms with Crippen molar-refractivity contribution in [3.8, 4) is 11.8 Å². The lowest BCUT2D eigenvalue weighted by Crippen LogP contribution is -2.30. The monoisotopic (exact) mass is 423 g/mol. The van der Waals surface area contributed by atoms with E-state index < -0.39 is 18.0 Å². The number of aromatic nitrogens is 1. The topological polar surface area (TPSA) is 93.3 Å². The Morgan fingerprint density at radius 3 is 2.39 bits per heavy atom. The minimum Gasteiger partial charge on any atom is -0.497 e. The predicted molar refractivity (Wildman–Crippen MR) is 120 cm³/mol. The van der Waals surface area contributed by atoms with Crippen LogP contribution in [0.5, 0.6) is 5.75 Å². The van der Waals surface area contributed by atoms with E-state index in [2.05, 4.69) is 23.7 Å². The lowest BCUT2D eigenvalue weighted by molar-refractivity contribution is -0.148. The first-order chi connectivity index (χ1) is 14.7. The van der Waals surface area contributed by atoms with Crippen molar-refractivity contribution in [3.05, 3.63) is 52.9 Å². The van der Waals surface area contributed by atoms with Crippen molar-refractivity contribution in [2.24, 2.45) is 5.92 Å².